The van der Waals surface area contributed by atoms with E-state index in [1.165, 1.54) is 18.2 Å². The van der Waals surface area contributed by atoms with Gasteiger partial charge >= 0.3 is 0 Å². The van der Waals surface area contributed by atoms with Crippen LogP contribution in [0.5, 0.6) is 5.75 Å². The first-order valence-electron chi connectivity index (χ1n) is 8.55. The van der Waals surface area contributed by atoms with Crippen LogP contribution in [0.1, 0.15) is 10.4 Å². The molecule has 3 rings (SSSR count). The Kier molecular flexibility index (Phi) is 6.01. The van der Waals surface area contributed by atoms with Gasteiger partial charge in [-0.05, 0) is 6.07 Å². The van der Waals surface area contributed by atoms with Crippen LogP contribution in [0.2, 0.25) is 5.02 Å². The van der Waals surface area contributed by atoms with Gasteiger partial charge in [0.2, 0.25) is 11.6 Å². The highest BCUT2D eigenvalue weighted by atomic mass is 35.5. The number of hydrogen-bond donors (Lipinski definition) is 0. The molecule has 0 unspecified atom stereocenters. The van der Waals surface area contributed by atoms with E-state index >= 15 is 0 Å². The molecule has 0 radical (unpaired) electrons. The number of ether oxygens (including phenoxy) is 1. The fraction of sp³-hybridized carbons (Fsp3) is 0.278. The molecule has 30 heavy (non-hydrogen) atoms. The number of non-ortho nitro benzene ring substituents is 1. The number of nitro benzene ring substituents is 1. The van der Waals surface area contributed by atoms with Crippen LogP contribution in [0.4, 0.5) is 28.9 Å². The number of halogens is 5. The van der Waals surface area contributed by atoms with Crippen LogP contribution in [0.15, 0.2) is 18.2 Å². The summed E-state index contributed by atoms with van der Waals surface area (Å²) in [5, 5.41) is 10.9. The summed E-state index contributed by atoms with van der Waals surface area (Å²) in [5.74, 6) is -9.72. The maximum absolute atomic E-state index is 14.2. The quantitative estimate of drug-likeness (QED) is 0.308. The average Bonchev–Trinajstić information content (AvgIpc) is 2.73. The minimum atomic E-state index is -1.84. The van der Waals surface area contributed by atoms with Gasteiger partial charge in [-0.1, -0.05) is 11.6 Å². The van der Waals surface area contributed by atoms with Gasteiger partial charge in [0.25, 0.3) is 11.6 Å². The lowest BCUT2D eigenvalue weighted by atomic mass is 10.1. The fourth-order valence-electron chi connectivity index (χ4n) is 3.15. The molecule has 0 bridgehead atoms. The van der Waals surface area contributed by atoms with E-state index < -0.39 is 45.4 Å². The lowest BCUT2D eigenvalue weighted by Crippen LogP contribution is -2.49. The number of piperazine rings is 1. The lowest BCUT2D eigenvalue weighted by molar-refractivity contribution is -0.384. The van der Waals surface area contributed by atoms with Gasteiger partial charge in [0.1, 0.15) is 5.56 Å². The standard InChI is InChI=1S/C18H14ClF4N3O4/c1-30-17-15(22)13(20)12(14(21)16(17)23)18(27)25-6-4-24(5-7-25)11-3-2-9(26(28)29)8-10(11)19/h2-3,8H,4-7H2,1H3. The van der Waals surface area contributed by atoms with Gasteiger partial charge in [-0.15, -0.1) is 0 Å². The van der Waals surface area contributed by atoms with Gasteiger partial charge in [0, 0.05) is 38.3 Å². The Hall–Kier alpha value is -3.08. The molecule has 1 heterocycles. The molecule has 0 atom stereocenters. The number of hydrogen-bond acceptors (Lipinski definition) is 5. The Balaban J connectivity index is 1.79. The van der Waals surface area contributed by atoms with Gasteiger partial charge in [-0.2, -0.15) is 8.78 Å². The second-order valence-corrected chi connectivity index (χ2v) is 6.74. The third-order valence-electron chi connectivity index (χ3n) is 4.69. The monoisotopic (exact) mass is 447 g/mol. The summed E-state index contributed by atoms with van der Waals surface area (Å²) in [6.07, 6.45) is 0. The first kappa shape index (κ1) is 21.6. The highest BCUT2D eigenvalue weighted by Crippen LogP contribution is 2.32. The maximum Gasteiger partial charge on any atom is 0.271 e. The van der Waals surface area contributed by atoms with Crippen LogP contribution >= 0.6 is 11.6 Å². The van der Waals surface area contributed by atoms with Crippen molar-refractivity contribution in [1.82, 2.24) is 4.90 Å². The van der Waals surface area contributed by atoms with Gasteiger partial charge in [-0.3, -0.25) is 14.9 Å². The summed E-state index contributed by atoms with van der Waals surface area (Å²) in [6, 6.07) is 3.90. The Morgan fingerprint density at radius 1 is 1.07 bits per heavy atom. The van der Waals surface area contributed by atoms with E-state index in [1.54, 1.807) is 4.90 Å². The molecule has 160 valence electrons. The SMILES string of the molecule is COc1c(F)c(F)c(C(=O)N2CCN(c3ccc([N+](=O)[O-])cc3Cl)CC2)c(F)c1F. The Morgan fingerprint density at radius 2 is 1.63 bits per heavy atom. The Morgan fingerprint density at radius 3 is 2.10 bits per heavy atom. The third kappa shape index (κ3) is 3.72. The Bertz CT molecular complexity index is 1000. The van der Waals surface area contributed by atoms with Gasteiger partial charge in [0.05, 0.1) is 22.7 Å². The first-order chi connectivity index (χ1) is 14.2. The normalized spacial score (nSPS) is 14.1. The minimum absolute atomic E-state index is 0.0275. The van der Waals surface area contributed by atoms with E-state index in [-0.39, 0.29) is 36.9 Å². The molecule has 0 aliphatic carbocycles. The molecule has 1 aliphatic heterocycles. The molecule has 1 amide bonds. The van der Waals surface area contributed by atoms with Gasteiger partial charge in [0.15, 0.2) is 17.4 Å². The van der Waals surface area contributed by atoms with Crippen LogP contribution in [0.25, 0.3) is 0 Å². The van der Waals surface area contributed by atoms with E-state index in [4.69, 9.17) is 11.6 Å². The van der Waals surface area contributed by atoms with Crippen LogP contribution in [0, 0.1) is 33.4 Å². The number of carbonyl (C=O) groups is 1. The Labute approximate surface area is 172 Å². The van der Waals surface area contributed by atoms with Crippen LogP contribution in [-0.2, 0) is 0 Å². The minimum Gasteiger partial charge on any atom is -0.491 e. The number of nitrogens with zero attached hydrogens (tertiary/aromatic N) is 3. The van der Waals surface area contributed by atoms with Crippen molar-refractivity contribution < 1.29 is 32.0 Å². The van der Waals surface area contributed by atoms with E-state index in [2.05, 4.69) is 4.74 Å². The summed E-state index contributed by atoms with van der Waals surface area (Å²) < 4.78 is 60.5. The molecule has 0 aromatic heterocycles. The second kappa shape index (κ2) is 8.34. The summed E-state index contributed by atoms with van der Waals surface area (Å²) in [5.41, 5.74) is -1.05. The summed E-state index contributed by atoms with van der Waals surface area (Å²) in [4.78, 5) is 25.5. The number of rotatable bonds is 4. The third-order valence-corrected chi connectivity index (χ3v) is 4.99. The van der Waals surface area contributed by atoms with Crippen LogP contribution in [-0.4, -0.2) is 49.0 Å². The molecule has 7 nitrogen and oxygen atoms in total. The number of carbonyl (C=O) groups excluding carboxylic acids is 1. The largest absolute Gasteiger partial charge is 0.491 e. The van der Waals surface area contributed by atoms with Crippen molar-refractivity contribution in [2.24, 2.45) is 0 Å². The topological polar surface area (TPSA) is 75.9 Å². The molecule has 0 spiro atoms. The molecule has 12 heteroatoms. The van der Waals surface area contributed by atoms with E-state index in [0.29, 0.717) is 5.69 Å². The summed E-state index contributed by atoms with van der Waals surface area (Å²) >= 11 is 6.09. The van der Waals surface area contributed by atoms with E-state index in [0.717, 1.165) is 12.0 Å². The molecule has 1 aliphatic rings. The summed E-state index contributed by atoms with van der Waals surface area (Å²) in [6.45, 7) is 0.294. The smallest absolute Gasteiger partial charge is 0.271 e. The molecule has 2 aromatic rings. The molecule has 1 fully saturated rings. The molecule has 2 aromatic carbocycles. The van der Waals surface area contributed by atoms with Crippen molar-refractivity contribution in [1.29, 1.82) is 0 Å². The number of methoxy groups -OCH3 is 1. The zero-order chi connectivity index (χ0) is 22.2. The van der Waals surface area contributed by atoms with Gasteiger partial charge < -0.3 is 14.5 Å². The van der Waals surface area contributed by atoms with Crippen molar-refractivity contribution in [2.75, 3.05) is 38.2 Å². The summed E-state index contributed by atoms with van der Waals surface area (Å²) in [7, 11) is 0.838. The van der Waals surface area contributed by atoms with Crippen molar-refractivity contribution >= 4 is 28.9 Å². The first-order valence-corrected chi connectivity index (χ1v) is 8.93. The van der Waals surface area contributed by atoms with E-state index in [9.17, 15) is 32.5 Å². The number of anilines is 1. The maximum atomic E-state index is 14.2. The lowest BCUT2D eigenvalue weighted by Gasteiger charge is -2.36. The fourth-order valence-corrected chi connectivity index (χ4v) is 3.45. The average molecular weight is 448 g/mol. The van der Waals surface area contributed by atoms with Crippen LogP contribution < -0.4 is 9.64 Å². The van der Waals surface area contributed by atoms with E-state index in [1.807, 2.05) is 0 Å². The second-order valence-electron chi connectivity index (χ2n) is 6.34. The highest BCUT2D eigenvalue weighted by Gasteiger charge is 2.33. The molecular formula is C18H14ClF4N3O4. The highest BCUT2D eigenvalue weighted by molar-refractivity contribution is 6.33. The van der Waals surface area contributed by atoms with Crippen LogP contribution in [0.3, 0.4) is 0 Å². The zero-order valence-electron chi connectivity index (χ0n) is 15.4. The van der Waals surface area contributed by atoms with Crippen molar-refractivity contribution in [3.8, 4) is 5.75 Å². The predicted octanol–water partition coefficient (Wildman–Crippen LogP) is 3.78. The molecule has 0 saturated carbocycles. The molecular weight excluding hydrogens is 434 g/mol. The number of benzene rings is 2. The van der Waals surface area contributed by atoms with Crippen molar-refractivity contribution in [2.45, 2.75) is 0 Å². The van der Waals surface area contributed by atoms with Crippen molar-refractivity contribution in [3.05, 3.63) is 62.2 Å². The number of amides is 1. The van der Waals surface area contributed by atoms with Crippen molar-refractivity contribution in [3.63, 3.8) is 0 Å². The predicted molar refractivity (Wildman–Crippen MR) is 99.0 cm³/mol. The van der Waals surface area contributed by atoms with Gasteiger partial charge in [-0.25, -0.2) is 8.78 Å². The molecule has 0 N–H and O–H groups in total. The number of nitro groups is 1. The molecule has 1 saturated heterocycles. The zero-order valence-corrected chi connectivity index (χ0v) is 16.2.